The summed E-state index contributed by atoms with van der Waals surface area (Å²) in [5, 5.41) is 17.3. The summed E-state index contributed by atoms with van der Waals surface area (Å²) in [4.78, 5) is 6.26. The van der Waals surface area contributed by atoms with E-state index in [1.54, 1.807) is 0 Å². The zero-order chi connectivity index (χ0) is 13.7. The Hall–Kier alpha value is -2.53. The number of hydrogen-bond donors (Lipinski definition) is 0. The van der Waals surface area contributed by atoms with Gasteiger partial charge in [0.2, 0.25) is 0 Å². The van der Waals surface area contributed by atoms with E-state index in [4.69, 9.17) is 14.9 Å². The molecule has 0 aliphatic rings. The third-order valence-corrected chi connectivity index (χ3v) is 2.79. The molecule has 0 fully saturated rings. The molecular weight excluding hydrogens is 240 g/mol. The molecule has 5 heteroatoms. The first kappa shape index (κ1) is 12.9. The van der Waals surface area contributed by atoms with Gasteiger partial charge in [-0.1, -0.05) is 6.07 Å². The van der Waals surface area contributed by atoms with E-state index in [1.807, 2.05) is 30.0 Å². The van der Waals surface area contributed by atoms with Crippen LogP contribution in [0.1, 0.15) is 18.4 Å². The second-order valence-corrected chi connectivity index (χ2v) is 4.27. The second kappa shape index (κ2) is 5.88. The summed E-state index contributed by atoms with van der Waals surface area (Å²) >= 11 is 0. The van der Waals surface area contributed by atoms with Crippen LogP contribution < -0.4 is 4.90 Å². The van der Waals surface area contributed by atoms with E-state index < -0.39 is 0 Å². The molecule has 1 aromatic heterocycles. The summed E-state index contributed by atoms with van der Waals surface area (Å²) in [5.74, 6) is 0. The van der Waals surface area contributed by atoms with Crippen molar-refractivity contribution in [3.8, 4) is 12.1 Å². The molecule has 0 saturated carbocycles. The van der Waals surface area contributed by atoms with Crippen LogP contribution in [0.15, 0.2) is 22.6 Å². The van der Waals surface area contributed by atoms with Crippen molar-refractivity contribution in [3.05, 3.63) is 23.8 Å². The minimum Gasteiger partial charge on any atom is -0.423 e. The fraction of sp³-hybridized carbons (Fsp3) is 0.357. The fourth-order valence-corrected chi connectivity index (χ4v) is 1.83. The van der Waals surface area contributed by atoms with E-state index in [0.29, 0.717) is 31.9 Å². The Bertz CT molecular complexity index is 629. The highest BCUT2D eigenvalue weighted by Crippen LogP contribution is 2.23. The molecule has 0 radical (unpaired) electrons. The van der Waals surface area contributed by atoms with Crippen LogP contribution in [0.2, 0.25) is 0 Å². The quantitative estimate of drug-likeness (QED) is 0.819. The maximum Gasteiger partial charge on any atom is 0.298 e. The van der Waals surface area contributed by atoms with E-state index in [9.17, 15) is 0 Å². The number of rotatable bonds is 5. The molecule has 19 heavy (non-hydrogen) atoms. The summed E-state index contributed by atoms with van der Waals surface area (Å²) in [6.45, 7) is 3.03. The number of benzene rings is 1. The molecule has 0 saturated heterocycles. The lowest BCUT2D eigenvalue weighted by Crippen LogP contribution is -2.25. The van der Waals surface area contributed by atoms with Gasteiger partial charge in [-0.2, -0.15) is 15.5 Å². The topological polar surface area (TPSA) is 76.8 Å². The number of aromatic nitrogens is 1. The fourth-order valence-electron chi connectivity index (χ4n) is 1.83. The van der Waals surface area contributed by atoms with Gasteiger partial charge in [-0.15, -0.1) is 0 Å². The predicted octanol–water partition coefficient (Wildman–Crippen LogP) is 2.77. The molecule has 2 rings (SSSR count). The molecule has 1 aromatic carbocycles. The van der Waals surface area contributed by atoms with Gasteiger partial charge in [-0.3, -0.25) is 0 Å². The zero-order valence-corrected chi connectivity index (χ0v) is 10.8. The molecule has 0 spiro atoms. The van der Waals surface area contributed by atoms with E-state index >= 15 is 0 Å². The molecule has 0 bridgehead atoms. The van der Waals surface area contributed by atoms with E-state index in [0.717, 1.165) is 16.7 Å². The molecule has 5 nitrogen and oxygen atoms in total. The largest absolute Gasteiger partial charge is 0.423 e. The number of oxazole rings is 1. The van der Waals surface area contributed by atoms with Gasteiger partial charge in [0, 0.05) is 13.1 Å². The Morgan fingerprint density at radius 2 is 1.89 bits per heavy atom. The maximum atomic E-state index is 8.67. The third kappa shape index (κ3) is 3.02. The SMILES string of the molecule is Cc1ccc2oc(N(CCC#N)CCC#N)nc2c1. The molecule has 0 aliphatic carbocycles. The Balaban J connectivity index is 2.27. The number of anilines is 1. The Morgan fingerprint density at radius 3 is 2.53 bits per heavy atom. The highest BCUT2D eigenvalue weighted by molar-refractivity contribution is 5.75. The first-order chi connectivity index (χ1) is 9.24. The molecule has 1 heterocycles. The third-order valence-electron chi connectivity index (χ3n) is 2.79. The zero-order valence-electron chi connectivity index (χ0n) is 10.8. The van der Waals surface area contributed by atoms with Gasteiger partial charge >= 0.3 is 0 Å². The highest BCUT2D eigenvalue weighted by atomic mass is 16.4. The van der Waals surface area contributed by atoms with Crippen molar-refractivity contribution in [3.63, 3.8) is 0 Å². The van der Waals surface area contributed by atoms with Crippen molar-refractivity contribution in [2.75, 3.05) is 18.0 Å². The van der Waals surface area contributed by atoms with Crippen LogP contribution in [0.25, 0.3) is 11.1 Å². The summed E-state index contributed by atoms with van der Waals surface area (Å²) in [7, 11) is 0. The molecule has 0 atom stereocenters. The van der Waals surface area contributed by atoms with Gasteiger partial charge in [0.15, 0.2) is 5.58 Å². The smallest absolute Gasteiger partial charge is 0.298 e. The summed E-state index contributed by atoms with van der Waals surface area (Å²) < 4.78 is 5.68. The van der Waals surface area contributed by atoms with Crippen LogP contribution in [-0.4, -0.2) is 18.1 Å². The summed E-state index contributed by atoms with van der Waals surface area (Å²) in [5.41, 5.74) is 2.64. The first-order valence-corrected chi connectivity index (χ1v) is 6.10. The lowest BCUT2D eigenvalue weighted by Gasteiger charge is -2.17. The van der Waals surface area contributed by atoms with Crippen molar-refractivity contribution in [1.29, 1.82) is 10.5 Å². The minimum absolute atomic E-state index is 0.378. The van der Waals surface area contributed by atoms with Crippen LogP contribution >= 0.6 is 0 Å². The second-order valence-electron chi connectivity index (χ2n) is 4.27. The van der Waals surface area contributed by atoms with Crippen LogP contribution in [0.3, 0.4) is 0 Å². The minimum atomic E-state index is 0.378. The number of aryl methyl sites for hydroxylation is 1. The number of nitriles is 2. The van der Waals surface area contributed by atoms with Crippen molar-refractivity contribution in [2.45, 2.75) is 19.8 Å². The number of hydrogen-bond acceptors (Lipinski definition) is 5. The lowest BCUT2D eigenvalue weighted by atomic mass is 10.2. The van der Waals surface area contributed by atoms with Gasteiger partial charge in [-0.05, 0) is 24.6 Å². The Kier molecular flexibility index (Phi) is 4.00. The van der Waals surface area contributed by atoms with E-state index in [-0.39, 0.29) is 0 Å². The van der Waals surface area contributed by atoms with Crippen LogP contribution in [0, 0.1) is 29.6 Å². The Morgan fingerprint density at radius 1 is 1.21 bits per heavy atom. The van der Waals surface area contributed by atoms with E-state index in [2.05, 4.69) is 17.1 Å². The standard InChI is InChI=1S/C14H14N4O/c1-11-4-5-13-12(10-11)17-14(19-13)18(8-2-6-15)9-3-7-16/h4-5,10H,2-3,8-9H2,1H3. The van der Waals surface area contributed by atoms with Gasteiger partial charge in [0.1, 0.15) is 5.52 Å². The molecule has 2 aromatic rings. The van der Waals surface area contributed by atoms with Crippen molar-refractivity contribution < 1.29 is 4.42 Å². The van der Waals surface area contributed by atoms with Crippen molar-refractivity contribution in [2.24, 2.45) is 0 Å². The molecular formula is C14H14N4O. The van der Waals surface area contributed by atoms with Crippen LogP contribution in [0.4, 0.5) is 6.01 Å². The lowest BCUT2D eigenvalue weighted by molar-refractivity contribution is 0.568. The van der Waals surface area contributed by atoms with Crippen molar-refractivity contribution in [1.82, 2.24) is 4.98 Å². The summed E-state index contributed by atoms with van der Waals surface area (Å²) in [6, 6.07) is 10.5. The summed E-state index contributed by atoms with van der Waals surface area (Å²) in [6.07, 6.45) is 0.756. The average molecular weight is 254 g/mol. The number of nitrogens with zero attached hydrogens (tertiary/aromatic N) is 4. The predicted molar refractivity (Wildman–Crippen MR) is 71.4 cm³/mol. The highest BCUT2D eigenvalue weighted by Gasteiger charge is 2.13. The molecule has 0 N–H and O–H groups in total. The van der Waals surface area contributed by atoms with Crippen LogP contribution in [0.5, 0.6) is 0 Å². The van der Waals surface area contributed by atoms with E-state index in [1.165, 1.54) is 0 Å². The van der Waals surface area contributed by atoms with Gasteiger partial charge in [0.25, 0.3) is 6.01 Å². The monoisotopic (exact) mass is 254 g/mol. The molecule has 96 valence electrons. The van der Waals surface area contributed by atoms with Gasteiger partial charge in [-0.25, -0.2) is 0 Å². The van der Waals surface area contributed by atoms with Crippen LogP contribution in [-0.2, 0) is 0 Å². The molecule has 0 unspecified atom stereocenters. The average Bonchev–Trinajstić information content (AvgIpc) is 2.81. The normalized spacial score (nSPS) is 10.1. The van der Waals surface area contributed by atoms with Gasteiger partial charge < -0.3 is 9.32 Å². The maximum absolute atomic E-state index is 8.67. The number of fused-ring (bicyclic) bond motifs is 1. The Labute approximate surface area is 111 Å². The van der Waals surface area contributed by atoms with Crippen molar-refractivity contribution >= 4 is 17.1 Å². The molecule has 0 aliphatic heterocycles. The molecule has 0 amide bonds. The van der Waals surface area contributed by atoms with Gasteiger partial charge in [0.05, 0.1) is 25.0 Å². The first-order valence-electron chi connectivity index (χ1n) is 6.10.